The SMILES string of the molecule is CC1CCN1C(=O)CCl. The molecule has 1 amide bonds. The Bertz CT molecular complexity index is 126. The molecular formula is C6H10ClNO. The van der Waals surface area contributed by atoms with Crippen molar-refractivity contribution in [2.45, 2.75) is 19.4 Å². The Morgan fingerprint density at radius 2 is 2.56 bits per heavy atom. The van der Waals surface area contributed by atoms with Gasteiger partial charge in [-0.15, -0.1) is 11.6 Å². The second-order valence-corrected chi connectivity index (χ2v) is 2.63. The van der Waals surface area contributed by atoms with Crippen LogP contribution in [-0.2, 0) is 4.79 Å². The number of likely N-dealkylation sites (tertiary alicyclic amines) is 1. The van der Waals surface area contributed by atoms with Crippen LogP contribution >= 0.6 is 11.6 Å². The Balaban J connectivity index is 2.35. The van der Waals surface area contributed by atoms with Gasteiger partial charge >= 0.3 is 0 Å². The summed E-state index contributed by atoms with van der Waals surface area (Å²) in [6.45, 7) is 2.93. The second-order valence-electron chi connectivity index (χ2n) is 2.36. The quantitative estimate of drug-likeness (QED) is 0.504. The van der Waals surface area contributed by atoms with E-state index in [0.717, 1.165) is 13.0 Å². The Morgan fingerprint density at radius 1 is 1.89 bits per heavy atom. The summed E-state index contributed by atoms with van der Waals surface area (Å²) in [5.74, 6) is 0.195. The van der Waals surface area contributed by atoms with Crippen molar-refractivity contribution in [1.82, 2.24) is 4.90 Å². The number of carbonyl (C=O) groups excluding carboxylic acids is 1. The molecule has 52 valence electrons. The molecule has 0 N–H and O–H groups in total. The molecule has 1 rings (SSSR count). The third-order valence-corrected chi connectivity index (χ3v) is 1.98. The summed E-state index contributed by atoms with van der Waals surface area (Å²) in [4.78, 5) is 12.6. The molecule has 1 heterocycles. The van der Waals surface area contributed by atoms with E-state index in [1.165, 1.54) is 0 Å². The summed E-state index contributed by atoms with van der Waals surface area (Å²) in [5, 5.41) is 0. The number of alkyl halides is 1. The van der Waals surface area contributed by atoms with Crippen LogP contribution in [0.5, 0.6) is 0 Å². The molecule has 0 saturated carbocycles. The minimum Gasteiger partial charge on any atom is -0.339 e. The van der Waals surface area contributed by atoms with E-state index in [-0.39, 0.29) is 11.8 Å². The van der Waals surface area contributed by atoms with Gasteiger partial charge in [0.1, 0.15) is 5.88 Å². The zero-order valence-electron chi connectivity index (χ0n) is 5.43. The highest BCUT2D eigenvalue weighted by Gasteiger charge is 2.26. The van der Waals surface area contributed by atoms with Gasteiger partial charge in [-0.3, -0.25) is 4.79 Å². The fourth-order valence-electron chi connectivity index (χ4n) is 0.964. The molecule has 2 nitrogen and oxygen atoms in total. The molecule has 0 aromatic heterocycles. The predicted octanol–water partition coefficient (Wildman–Crippen LogP) is 0.846. The van der Waals surface area contributed by atoms with E-state index in [0.29, 0.717) is 6.04 Å². The first-order valence-corrected chi connectivity index (χ1v) is 3.64. The van der Waals surface area contributed by atoms with E-state index in [1.807, 2.05) is 6.92 Å². The molecule has 3 heteroatoms. The number of rotatable bonds is 1. The van der Waals surface area contributed by atoms with E-state index in [9.17, 15) is 4.79 Å². The van der Waals surface area contributed by atoms with Gasteiger partial charge in [-0.25, -0.2) is 0 Å². The van der Waals surface area contributed by atoms with E-state index in [2.05, 4.69) is 0 Å². The molecular weight excluding hydrogens is 138 g/mol. The fraction of sp³-hybridized carbons (Fsp3) is 0.833. The van der Waals surface area contributed by atoms with Gasteiger partial charge in [0.05, 0.1) is 0 Å². The predicted molar refractivity (Wildman–Crippen MR) is 36.5 cm³/mol. The summed E-state index contributed by atoms with van der Waals surface area (Å²) in [5.41, 5.74) is 0. The molecule has 1 unspecified atom stereocenters. The first-order valence-electron chi connectivity index (χ1n) is 3.11. The number of hydrogen-bond donors (Lipinski definition) is 0. The maximum absolute atomic E-state index is 10.8. The molecule has 1 atom stereocenters. The number of nitrogens with zero attached hydrogens (tertiary/aromatic N) is 1. The highest BCUT2D eigenvalue weighted by atomic mass is 35.5. The van der Waals surface area contributed by atoms with Crippen molar-refractivity contribution in [3.8, 4) is 0 Å². The van der Waals surface area contributed by atoms with Crippen LogP contribution in [-0.4, -0.2) is 29.3 Å². The van der Waals surface area contributed by atoms with Gasteiger partial charge in [0.25, 0.3) is 0 Å². The average Bonchev–Trinajstić information content (AvgIpc) is 1.84. The van der Waals surface area contributed by atoms with Crippen molar-refractivity contribution in [2.75, 3.05) is 12.4 Å². The first-order chi connectivity index (χ1) is 4.25. The van der Waals surface area contributed by atoms with Crippen molar-refractivity contribution in [3.05, 3.63) is 0 Å². The van der Waals surface area contributed by atoms with Gasteiger partial charge in [0.2, 0.25) is 5.91 Å². The van der Waals surface area contributed by atoms with Crippen LogP contribution in [0.3, 0.4) is 0 Å². The van der Waals surface area contributed by atoms with Gasteiger partial charge in [-0.1, -0.05) is 0 Å². The van der Waals surface area contributed by atoms with Crippen molar-refractivity contribution in [3.63, 3.8) is 0 Å². The number of amides is 1. The van der Waals surface area contributed by atoms with Crippen LogP contribution in [0.4, 0.5) is 0 Å². The van der Waals surface area contributed by atoms with Gasteiger partial charge in [-0.2, -0.15) is 0 Å². The average molecular weight is 148 g/mol. The molecule has 0 aliphatic carbocycles. The lowest BCUT2D eigenvalue weighted by molar-refractivity contribution is -0.135. The van der Waals surface area contributed by atoms with Crippen LogP contribution in [0, 0.1) is 0 Å². The second kappa shape index (κ2) is 2.56. The summed E-state index contributed by atoms with van der Waals surface area (Å²) < 4.78 is 0. The summed E-state index contributed by atoms with van der Waals surface area (Å²) in [7, 11) is 0. The lowest BCUT2D eigenvalue weighted by atomic mass is 10.1. The zero-order valence-corrected chi connectivity index (χ0v) is 6.19. The monoisotopic (exact) mass is 147 g/mol. The summed E-state index contributed by atoms with van der Waals surface area (Å²) >= 11 is 5.33. The minimum absolute atomic E-state index is 0.0652. The molecule has 0 spiro atoms. The van der Waals surface area contributed by atoms with Crippen LogP contribution in [0.1, 0.15) is 13.3 Å². The maximum atomic E-state index is 10.8. The van der Waals surface area contributed by atoms with Gasteiger partial charge in [0.15, 0.2) is 0 Å². The Kier molecular flexibility index (Phi) is 1.96. The summed E-state index contributed by atoms with van der Waals surface area (Å²) in [6, 6.07) is 0.427. The standard InChI is InChI=1S/C6H10ClNO/c1-5-2-3-8(5)6(9)4-7/h5H,2-4H2,1H3. The molecule has 1 fully saturated rings. The van der Waals surface area contributed by atoms with Crippen molar-refractivity contribution < 1.29 is 4.79 Å². The fourth-order valence-corrected chi connectivity index (χ4v) is 1.12. The van der Waals surface area contributed by atoms with Gasteiger partial charge < -0.3 is 4.90 Å². The van der Waals surface area contributed by atoms with Crippen molar-refractivity contribution >= 4 is 17.5 Å². The minimum atomic E-state index is 0.0652. The highest BCUT2D eigenvalue weighted by molar-refractivity contribution is 6.27. The lowest BCUT2D eigenvalue weighted by Crippen LogP contribution is -2.49. The molecule has 9 heavy (non-hydrogen) atoms. The molecule has 1 aliphatic rings. The summed E-state index contributed by atoms with van der Waals surface area (Å²) in [6.07, 6.45) is 1.13. The lowest BCUT2D eigenvalue weighted by Gasteiger charge is -2.38. The van der Waals surface area contributed by atoms with Gasteiger partial charge in [0, 0.05) is 12.6 Å². The van der Waals surface area contributed by atoms with Crippen LogP contribution in [0.15, 0.2) is 0 Å². The van der Waals surface area contributed by atoms with E-state index >= 15 is 0 Å². The zero-order chi connectivity index (χ0) is 6.85. The molecule has 0 aromatic rings. The van der Waals surface area contributed by atoms with E-state index in [4.69, 9.17) is 11.6 Å². The third-order valence-electron chi connectivity index (χ3n) is 1.75. The molecule has 1 aliphatic heterocycles. The van der Waals surface area contributed by atoms with Crippen LogP contribution in [0.2, 0.25) is 0 Å². The Hall–Kier alpha value is -0.240. The van der Waals surface area contributed by atoms with E-state index < -0.39 is 0 Å². The Morgan fingerprint density at radius 3 is 2.67 bits per heavy atom. The smallest absolute Gasteiger partial charge is 0.237 e. The van der Waals surface area contributed by atoms with E-state index in [1.54, 1.807) is 4.90 Å². The number of halogens is 1. The van der Waals surface area contributed by atoms with Crippen molar-refractivity contribution in [2.24, 2.45) is 0 Å². The Labute approximate surface area is 59.8 Å². The molecule has 0 radical (unpaired) electrons. The normalized spacial score (nSPS) is 25.6. The number of carbonyl (C=O) groups is 1. The maximum Gasteiger partial charge on any atom is 0.237 e. The first kappa shape index (κ1) is 6.87. The van der Waals surface area contributed by atoms with Crippen LogP contribution in [0.25, 0.3) is 0 Å². The van der Waals surface area contributed by atoms with Crippen molar-refractivity contribution in [1.29, 1.82) is 0 Å². The molecule has 0 bridgehead atoms. The van der Waals surface area contributed by atoms with Gasteiger partial charge in [-0.05, 0) is 13.3 Å². The molecule has 1 saturated heterocycles. The molecule has 0 aromatic carbocycles. The third kappa shape index (κ3) is 1.18. The van der Waals surface area contributed by atoms with Crippen LogP contribution < -0.4 is 0 Å². The largest absolute Gasteiger partial charge is 0.339 e. The topological polar surface area (TPSA) is 20.3 Å². The number of hydrogen-bond acceptors (Lipinski definition) is 1. The highest BCUT2D eigenvalue weighted by Crippen LogP contribution is 2.16.